The van der Waals surface area contributed by atoms with Gasteiger partial charge in [0.15, 0.2) is 0 Å². The molecule has 1 aromatic carbocycles. The predicted molar refractivity (Wildman–Crippen MR) is 83.8 cm³/mol. The quantitative estimate of drug-likeness (QED) is 0.883. The maximum absolute atomic E-state index is 11.7. The molecule has 116 valence electrons. The van der Waals surface area contributed by atoms with Gasteiger partial charge in [-0.15, -0.1) is 0 Å². The Morgan fingerprint density at radius 1 is 1.24 bits per heavy atom. The highest BCUT2D eigenvalue weighted by molar-refractivity contribution is 5.67. The number of ether oxygens (including phenoxy) is 1. The molecule has 5 nitrogen and oxygen atoms in total. The van der Waals surface area contributed by atoms with Gasteiger partial charge in [-0.05, 0) is 19.1 Å². The van der Waals surface area contributed by atoms with Crippen LogP contribution in [0.4, 0.5) is 10.5 Å². The number of benzene rings is 1. The average molecular weight is 292 g/mol. The number of carbonyl (C=O) groups excluding carboxylic acids is 1. The van der Waals surface area contributed by atoms with Crippen molar-refractivity contribution in [1.82, 2.24) is 4.90 Å². The third-order valence-corrected chi connectivity index (χ3v) is 3.90. The van der Waals surface area contributed by atoms with E-state index in [4.69, 9.17) is 4.74 Å². The van der Waals surface area contributed by atoms with Crippen molar-refractivity contribution in [2.75, 3.05) is 51.8 Å². The number of quaternary nitrogens is 1. The molecule has 0 saturated carbocycles. The van der Waals surface area contributed by atoms with Gasteiger partial charge in [0.05, 0.1) is 32.8 Å². The van der Waals surface area contributed by atoms with Crippen LogP contribution in [0.1, 0.15) is 12.5 Å². The highest BCUT2D eigenvalue weighted by atomic mass is 16.6. The highest BCUT2D eigenvalue weighted by Gasteiger charge is 2.24. The topological polar surface area (TPSA) is 37.2 Å². The molecule has 0 spiro atoms. The van der Waals surface area contributed by atoms with Gasteiger partial charge in [-0.3, -0.25) is 4.90 Å². The Bertz CT molecular complexity index is 451. The number of piperazine rings is 1. The van der Waals surface area contributed by atoms with Crippen molar-refractivity contribution in [2.24, 2.45) is 0 Å². The molecule has 0 aromatic heterocycles. The van der Waals surface area contributed by atoms with Crippen LogP contribution in [-0.2, 0) is 11.3 Å². The van der Waals surface area contributed by atoms with Crippen LogP contribution in [0.25, 0.3) is 0 Å². The van der Waals surface area contributed by atoms with E-state index >= 15 is 0 Å². The van der Waals surface area contributed by atoms with Gasteiger partial charge in [-0.2, -0.15) is 0 Å². The molecular formula is C16H26N3O2+. The van der Waals surface area contributed by atoms with Gasteiger partial charge in [-0.25, -0.2) is 4.79 Å². The maximum atomic E-state index is 11.7. The van der Waals surface area contributed by atoms with E-state index in [9.17, 15) is 4.79 Å². The number of anilines is 1. The molecule has 1 aromatic rings. The summed E-state index contributed by atoms with van der Waals surface area (Å²) in [6, 6.07) is 8.70. The van der Waals surface area contributed by atoms with Crippen molar-refractivity contribution in [1.29, 1.82) is 0 Å². The van der Waals surface area contributed by atoms with Crippen LogP contribution >= 0.6 is 0 Å². The van der Waals surface area contributed by atoms with Crippen LogP contribution in [0.15, 0.2) is 24.3 Å². The van der Waals surface area contributed by atoms with E-state index in [0.29, 0.717) is 6.61 Å². The van der Waals surface area contributed by atoms with E-state index < -0.39 is 0 Å². The molecule has 1 aliphatic rings. The summed E-state index contributed by atoms with van der Waals surface area (Å²) in [6.45, 7) is 6.84. The van der Waals surface area contributed by atoms with E-state index in [0.717, 1.165) is 32.7 Å². The third-order valence-electron chi connectivity index (χ3n) is 3.90. The zero-order valence-corrected chi connectivity index (χ0v) is 13.3. The Balaban J connectivity index is 1.82. The summed E-state index contributed by atoms with van der Waals surface area (Å²) in [4.78, 5) is 17.1. The van der Waals surface area contributed by atoms with Crippen LogP contribution in [0, 0.1) is 0 Å². The van der Waals surface area contributed by atoms with Gasteiger partial charge < -0.3 is 14.5 Å². The van der Waals surface area contributed by atoms with Crippen molar-refractivity contribution in [3.8, 4) is 0 Å². The van der Waals surface area contributed by atoms with Crippen LogP contribution in [0.2, 0.25) is 0 Å². The molecule has 21 heavy (non-hydrogen) atoms. The number of nitrogens with zero attached hydrogens (tertiary/aromatic N) is 2. The Kier molecular flexibility index (Phi) is 5.44. The molecular weight excluding hydrogens is 266 g/mol. The first-order valence-electron chi connectivity index (χ1n) is 7.61. The fourth-order valence-electron chi connectivity index (χ4n) is 2.60. The molecule has 1 aliphatic heterocycles. The van der Waals surface area contributed by atoms with Gasteiger partial charge in [0.25, 0.3) is 0 Å². The summed E-state index contributed by atoms with van der Waals surface area (Å²) in [5, 5.41) is 0. The first kappa shape index (κ1) is 15.6. The largest absolute Gasteiger partial charge is 0.450 e. The van der Waals surface area contributed by atoms with Crippen molar-refractivity contribution in [3.05, 3.63) is 29.8 Å². The standard InChI is InChI=1S/C16H25N3O2/c1-4-21-16(20)19-11-9-18(10-12-19)13-14-5-7-15(8-6-14)17(2)3/h5-8H,4,9-13H2,1-3H3/p+1. The number of carbonyl (C=O) groups is 1. The Hall–Kier alpha value is -1.75. The summed E-state index contributed by atoms with van der Waals surface area (Å²) in [5.74, 6) is 0. The first-order chi connectivity index (χ1) is 10.1. The number of nitrogens with one attached hydrogen (secondary N) is 1. The molecule has 2 rings (SSSR count). The zero-order chi connectivity index (χ0) is 15.2. The highest BCUT2D eigenvalue weighted by Crippen LogP contribution is 2.11. The minimum atomic E-state index is -0.174. The summed E-state index contributed by atoms with van der Waals surface area (Å²) in [7, 11) is 4.10. The lowest BCUT2D eigenvalue weighted by molar-refractivity contribution is -0.917. The fraction of sp³-hybridized carbons (Fsp3) is 0.562. The molecule has 1 N–H and O–H groups in total. The summed E-state index contributed by atoms with van der Waals surface area (Å²) < 4.78 is 5.04. The SMILES string of the molecule is CCOC(=O)N1CC[NH+](Cc2ccc(N(C)C)cc2)CC1. The van der Waals surface area contributed by atoms with E-state index in [-0.39, 0.29) is 6.09 Å². The van der Waals surface area contributed by atoms with E-state index in [1.807, 2.05) is 11.8 Å². The first-order valence-corrected chi connectivity index (χ1v) is 7.61. The monoisotopic (exact) mass is 292 g/mol. The Morgan fingerprint density at radius 2 is 1.86 bits per heavy atom. The van der Waals surface area contributed by atoms with Gasteiger partial charge >= 0.3 is 6.09 Å². The number of amides is 1. The Labute approximate surface area is 127 Å². The van der Waals surface area contributed by atoms with Crippen LogP contribution < -0.4 is 9.80 Å². The molecule has 0 atom stereocenters. The molecule has 1 amide bonds. The summed E-state index contributed by atoms with van der Waals surface area (Å²) in [5.41, 5.74) is 2.57. The predicted octanol–water partition coefficient (Wildman–Crippen LogP) is 0.610. The molecule has 5 heteroatoms. The second-order valence-corrected chi connectivity index (χ2v) is 5.67. The van der Waals surface area contributed by atoms with Gasteiger partial charge in [0.1, 0.15) is 6.54 Å². The average Bonchev–Trinajstić information content (AvgIpc) is 2.49. The summed E-state index contributed by atoms with van der Waals surface area (Å²) >= 11 is 0. The molecule has 0 radical (unpaired) electrons. The fourth-order valence-corrected chi connectivity index (χ4v) is 2.60. The van der Waals surface area contributed by atoms with Crippen LogP contribution in [-0.4, -0.2) is 57.9 Å². The second-order valence-electron chi connectivity index (χ2n) is 5.67. The lowest BCUT2D eigenvalue weighted by Gasteiger charge is -2.31. The summed E-state index contributed by atoms with van der Waals surface area (Å²) in [6.07, 6.45) is -0.174. The molecule has 1 fully saturated rings. The molecule has 0 unspecified atom stereocenters. The van der Waals surface area contributed by atoms with Gasteiger partial charge in [-0.1, -0.05) is 12.1 Å². The lowest BCUT2D eigenvalue weighted by atomic mass is 10.1. The third kappa shape index (κ3) is 4.36. The lowest BCUT2D eigenvalue weighted by Crippen LogP contribution is -3.13. The van der Waals surface area contributed by atoms with Crippen molar-refractivity contribution in [3.63, 3.8) is 0 Å². The number of hydrogen-bond acceptors (Lipinski definition) is 3. The van der Waals surface area contributed by atoms with Crippen LogP contribution in [0.3, 0.4) is 0 Å². The smallest absolute Gasteiger partial charge is 0.410 e. The van der Waals surface area contributed by atoms with E-state index in [1.165, 1.54) is 16.2 Å². The van der Waals surface area contributed by atoms with Crippen molar-refractivity contribution < 1.29 is 14.4 Å². The minimum Gasteiger partial charge on any atom is -0.450 e. The Morgan fingerprint density at radius 3 is 2.38 bits per heavy atom. The van der Waals surface area contributed by atoms with Gasteiger partial charge in [0.2, 0.25) is 0 Å². The molecule has 1 heterocycles. The van der Waals surface area contributed by atoms with E-state index in [2.05, 4.69) is 43.3 Å². The minimum absolute atomic E-state index is 0.174. The van der Waals surface area contributed by atoms with E-state index in [1.54, 1.807) is 0 Å². The number of rotatable bonds is 4. The van der Waals surface area contributed by atoms with Crippen LogP contribution in [0.5, 0.6) is 0 Å². The second kappa shape index (κ2) is 7.31. The zero-order valence-electron chi connectivity index (χ0n) is 13.3. The van der Waals surface area contributed by atoms with Crippen molar-refractivity contribution in [2.45, 2.75) is 13.5 Å². The normalized spacial score (nSPS) is 15.9. The maximum Gasteiger partial charge on any atom is 0.410 e. The number of hydrogen-bond donors (Lipinski definition) is 1. The van der Waals surface area contributed by atoms with Crippen molar-refractivity contribution >= 4 is 11.8 Å². The molecule has 0 aliphatic carbocycles. The van der Waals surface area contributed by atoms with Gasteiger partial charge in [0, 0.05) is 25.3 Å². The molecule has 0 bridgehead atoms. The molecule has 1 saturated heterocycles.